The van der Waals surface area contributed by atoms with Gasteiger partial charge in [-0.25, -0.2) is 4.39 Å². The number of benzene rings is 1. The summed E-state index contributed by atoms with van der Waals surface area (Å²) in [5.74, 6) is -2.37. The molecule has 0 spiro atoms. The van der Waals surface area contributed by atoms with E-state index in [0.717, 1.165) is 5.56 Å². The second-order valence-electron chi connectivity index (χ2n) is 4.68. The zero-order valence-electron chi connectivity index (χ0n) is 11.8. The van der Waals surface area contributed by atoms with E-state index in [2.05, 4.69) is 10.6 Å². The Balaban J connectivity index is 1.89. The minimum absolute atomic E-state index is 0.0771. The zero-order valence-corrected chi connectivity index (χ0v) is 11.8. The highest BCUT2D eigenvalue weighted by atomic mass is 19.1. The molecule has 7 heteroatoms. The number of amides is 2. The van der Waals surface area contributed by atoms with E-state index < -0.39 is 23.7 Å². The highest BCUT2D eigenvalue weighted by molar-refractivity contribution is 6.39. The number of rotatable bonds is 4. The Bertz CT molecular complexity index is 670. The van der Waals surface area contributed by atoms with E-state index in [1.54, 1.807) is 25.1 Å². The predicted octanol–water partition coefficient (Wildman–Crippen LogP) is 1.52. The summed E-state index contributed by atoms with van der Waals surface area (Å²) >= 11 is 0. The van der Waals surface area contributed by atoms with Gasteiger partial charge in [0.05, 0.1) is 18.5 Å². The van der Waals surface area contributed by atoms with Gasteiger partial charge in [-0.2, -0.15) is 0 Å². The first-order valence-corrected chi connectivity index (χ1v) is 6.54. The fraction of sp³-hybridized carbons (Fsp3) is 0.200. The number of halogens is 1. The first kappa shape index (κ1) is 15.7. The molecule has 0 bridgehead atoms. The lowest BCUT2D eigenvalue weighted by Crippen LogP contribution is -2.37. The molecule has 3 N–H and O–H groups in total. The number of furan rings is 1. The number of anilines is 1. The Morgan fingerprint density at radius 2 is 2.09 bits per heavy atom. The van der Waals surface area contributed by atoms with Gasteiger partial charge in [0.25, 0.3) is 0 Å². The lowest BCUT2D eigenvalue weighted by atomic mass is 10.2. The van der Waals surface area contributed by atoms with Crippen LogP contribution in [0.1, 0.15) is 17.4 Å². The van der Waals surface area contributed by atoms with Crippen LogP contribution in [-0.2, 0) is 9.59 Å². The van der Waals surface area contributed by atoms with Gasteiger partial charge in [0, 0.05) is 0 Å². The third-order valence-electron chi connectivity index (χ3n) is 2.90. The Morgan fingerprint density at radius 1 is 1.32 bits per heavy atom. The lowest BCUT2D eigenvalue weighted by molar-refractivity contribution is -0.136. The van der Waals surface area contributed by atoms with Gasteiger partial charge in [0.15, 0.2) is 0 Å². The molecule has 0 saturated carbocycles. The summed E-state index contributed by atoms with van der Waals surface area (Å²) in [5.41, 5.74) is 0.664. The predicted molar refractivity (Wildman–Crippen MR) is 76.4 cm³/mol. The Kier molecular flexibility index (Phi) is 4.90. The maximum absolute atomic E-state index is 13.5. The summed E-state index contributed by atoms with van der Waals surface area (Å²) in [7, 11) is 0. The van der Waals surface area contributed by atoms with Crippen LogP contribution in [0.2, 0.25) is 0 Å². The molecule has 0 fully saturated rings. The highest BCUT2D eigenvalue weighted by Gasteiger charge is 2.18. The Hall–Kier alpha value is -2.67. The third-order valence-corrected chi connectivity index (χ3v) is 2.90. The van der Waals surface area contributed by atoms with Gasteiger partial charge in [-0.1, -0.05) is 6.07 Å². The average molecular weight is 306 g/mol. The highest BCUT2D eigenvalue weighted by Crippen LogP contribution is 2.15. The molecule has 0 radical (unpaired) electrons. The topological polar surface area (TPSA) is 91.6 Å². The molecule has 0 aliphatic heterocycles. The van der Waals surface area contributed by atoms with Crippen molar-refractivity contribution >= 4 is 17.5 Å². The number of aliphatic hydroxyl groups is 1. The van der Waals surface area contributed by atoms with Crippen LogP contribution in [-0.4, -0.2) is 23.5 Å². The van der Waals surface area contributed by atoms with Crippen LogP contribution < -0.4 is 10.6 Å². The van der Waals surface area contributed by atoms with Crippen LogP contribution in [0, 0.1) is 12.7 Å². The quantitative estimate of drug-likeness (QED) is 0.747. The molecule has 2 aromatic rings. The van der Waals surface area contributed by atoms with Crippen LogP contribution >= 0.6 is 0 Å². The molecule has 1 heterocycles. The molecular weight excluding hydrogens is 291 g/mol. The number of hydrogen-bond acceptors (Lipinski definition) is 4. The van der Waals surface area contributed by atoms with Gasteiger partial charge < -0.3 is 20.2 Å². The number of aryl methyl sites for hydroxylation is 1. The van der Waals surface area contributed by atoms with Crippen molar-refractivity contribution in [2.24, 2.45) is 0 Å². The van der Waals surface area contributed by atoms with Crippen molar-refractivity contribution in [1.29, 1.82) is 0 Å². The fourth-order valence-electron chi connectivity index (χ4n) is 1.77. The maximum atomic E-state index is 13.5. The van der Waals surface area contributed by atoms with Crippen molar-refractivity contribution in [1.82, 2.24) is 5.32 Å². The molecule has 1 aromatic heterocycles. The fourth-order valence-corrected chi connectivity index (χ4v) is 1.77. The minimum atomic E-state index is -1.07. The zero-order chi connectivity index (χ0) is 16.1. The number of carbonyl (C=O) groups is 2. The molecule has 1 atom stereocenters. The summed E-state index contributed by atoms with van der Waals surface area (Å²) in [6, 6.07) is 7.29. The summed E-state index contributed by atoms with van der Waals surface area (Å²) < 4.78 is 18.5. The van der Waals surface area contributed by atoms with Crippen LogP contribution in [0.3, 0.4) is 0 Å². The molecule has 0 saturated heterocycles. The molecule has 2 rings (SSSR count). The number of aliphatic hydroxyl groups excluding tert-OH is 1. The van der Waals surface area contributed by atoms with E-state index in [0.29, 0.717) is 0 Å². The number of carbonyl (C=O) groups excluding carboxylic acids is 2. The van der Waals surface area contributed by atoms with E-state index >= 15 is 0 Å². The van der Waals surface area contributed by atoms with E-state index in [1.165, 1.54) is 18.4 Å². The normalized spacial score (nSPS) is 11.8. The van der Waals surface area contributed by atoms with Gasteiger partial charge in [0.1, 0.15) is 17.7 Å². The molecule has 1 aromatic carbocycles. The van der Waals surface area contributed by atoms with E-state index in [1.807, 2.05) is 0 Å². The van der Waals surface area contributed by atoms with Crippen LogP contribution in [0.25, 0.3) is 0 Å². The van der Waals surface area contributed by atoms with Gasteiger partial charge in [-0.3, -0.25) is 9.59 Å². The molecule has 1 unspecified atom stereocenters. The smallest absolute Gasteiger partial charge is 0.313 e. The van der Waals surface area contributed by atoms with E-state index in [4.69, 9.17) is 4.42 Å². The van der Waals surface area contributed by atoms with Crippen LogP contribution in [0.5, 0.6) is 0 Å². The Morgan fingerprint density at radius 3 is 2.77 bits per heavy atom. The molecule has 22 heavy (non-hydrogen) atoms. The summed E-state index contributed by atoms with van der Waals surface area (Å²) in [5, 5.41) is 14.1. The molecule has 116 valence electrons. The second-order valence-corrected chi connectivity index (χ2v) is 4.68. The standard InChI is InChI=1S/C15H15FN2O4/c1-9-4-5-10(16)11(7-9)18-15(21)14(20)17-8-12(19)13-3-2-6-22-13/h2-7,12,19H,8H2,1H3,(H,17,20)(H,18,21). The van der Waals surface area contributed by atoms with Crippen molar-refractivity contribution in [3.8, 4) is 0 Å². The van der Waals surface area contributed by atoms with Crippen LogP contribution in [0.4, 0.5) is 10.1 Å². The minimum Gasteiger partial charge on any atom is -0.467 e. The maximum Gasteiger partial charge on any atom is 0.313 e. The molecule has 0 aliphatic carbocycles. The molecular formula is C15H15FN2O4. The molecule has 6 nitrogen and oxygen atoms in total. The van der Waals surface area contributed by atoms with Crippen molar-refractivity contribution in [3.63, 3.8) is 0 Å². The van der Waals surface area contributed by atoms with Gasteiger partial charge in [0.2, 0.25) is 0 Å². The Labute approximate surface area is 125 Å². The van der Waals surface area contributed by atoms with Crippen molar-refractivity contribution < 1.29 is 23.5 Å². The summed E-state index contributed by atoms with van der Waals surface area (Å²) in [4.78, 5) is 23.3. The van der Waals surface area contributed by atoms with Gasteiger partial charge in [-0.15, -0.1) is 0 Å². The SMILES string of the molecule is Cc1ccc(F)c(NC(=O)C(=O)NCC(O)c2ccco2)c1. The van der Waals surface area contributed by atoms with Gasteiger partial charge >= 0.3 is 11.8 Å². The molecule has 2 amide bonds. The van der Waals surface area contributed by atoms with Crippen molar-refractivity contribution in [2.75, 3.05) is 11.9 Å². The first-order valence-electron chi connectivity index (χ1n) is 6.54. The molecule has 0 aliphatic rings. The van der Waals surface area contributed by atoms with Crippen LogP contribution in [0.15, 0.2) is 41.0 Å². The largest absolute Gasteiger partial charge is 0.467 e. The van der Waals surface area contributed by atoms with Crippen molar-refractivity contribution in [3.05, 3.63) is 53.7 Å². The van der Waals surface area contributed by atoms with Crippen molar-refractivity contribution in [2.45, 2.75) is 13.0 Å². The first-order chi connectivity index (χ1) is 10.5. The second kappa shape index (κ2) is 6.86. The number of nitrogens with one attached hydrogen (secondary N) is 2. The van der Waals surface area contributed by atoms with E-state index in [-0.39, 0.29) is 18.0 Å². The lowest BCUT2D eigenvalue weighted by Gasteiger charge is -2.10. The monoisotopic (exact) mass is 306 g/mol. The summed E-state index contributed by atoms with van der Waals surface area (Å²) in [6.45, 7) is 1.53. The third kappa shape index (κ3) is 3.92. The van der Waals surface area contributed by atoms with Gasteiger partial charge in [-0.05, 0) is 36.8 Å². The van der Waals surface area contributed by atoms with E-state index in [9.17, 15) is 19.1 Å². The number of hydrogen-bond donors (Lipinski definition) is 3. The average Bonchev–Trinajstić information content (AvgIpc) is 3.02. The summed E-state index contributed by atoms with van der Waals surface area (Å²) in [6.07, 6.45) is 0.315.